The molecular formula is C18H19NO4. The van der Waals surface area contributed by atoms with Crippen LogP contribution in [0.5, 0.6) is 0 Å². The van der Waals surface area contributed by atoms with Crippen molar-refractivity contribution in [1.29, 1.82) is 0 Å². The number of ether oxygens (including phenoxy) is 2. The summed E-state index contributed by atoms with van der Waals surface area (Å²) in [5.41, 5.74) is 1.08. The predicted octanol–water partition coefficient (Wildman–Crippen LogP) is 2.58. The highest BCUT2D eigenvalue weighted by atomic mass is 16.5. The topological polar surface area (TPSA) is 68.1 Å². The maximum absolute atomic E-state index is 11.2. The molecule has 0 amide bonds. The largest absolute Gasteiger partial charge is 0.480 e. The molecular weight excluding hydrogens is 294 g/mol. The second-order valence-electron chi connectivity index (χ2n) is 5.63. The van der Waals surface area contributed by atoms with Gasteiger partial charge in [-0.05, 0) is 12.5 Å². The zero-order chi connectivity index (χ0) is 16.2. The van der Waals surface area contributed by atoms with Gasteiger partial charge in [0.1, 0.15) is 6.10 Å². The molecule has 2 unspecified atom stereocenters. The fraction of sp³-hybridized carbons (Fsp3) is 0.333. The van der Waals surface area contributed by atoms with E-state index in [2.05, 4.69) is 4.99 Å². The number of nitrogens with zero attached hydrogens (tertiary/aromatic N) is 1. The molecule has 1 aliphatic carbocycles. The molecule has 0 bridgehead atoms. The van der Waals surface area contributed by atoms with E-state index in [-0.39, 0.29) is 12.0 Å². The Labute approximate surface area is 134 Å². The van der Waals surface area contributed by atoms with Crippen LogP contribution in [-0.2, 0) is 20.9 Å². The first-order valence-electron chi connectivity index (χ1n) is 7.63. The normalized spacial score (nSPS) is 29.2. The zero-order valence-electron chi connectivity index (χ0n) is 12.8. The van der Waals surface area contributed by atoms with E-state index in [1.165, 1.54) is 0 Å². The third kappa shape index (κ3) is 3.51. The molecule has 5 heteroatoms. The maximum Gasteiger partial charge on any atom is 0.332 e. The molecule has 4 atom stereocenters. The van der Waals surface area contributed by atoms with Crippen LogP contribution in [0.1, 0.15) is 12.5 Å². The molecule has 1 aromatic rings. The van der Waals surface area contributed by atoms with E-state index in [1.54, 1.807) is 6.92 Å². The maximum atomic E-state index is 11.2. The lowest BCUT2D eigenvalue weighted by Crippen LogP contribution is -2.30. The van der Waals surface area contributed by atoms with E-state index >= 15 is 0 Å². The number of hydrogen-bond donors (Lipinski definition) is 1. The fourth-order valence-electron chi connectivity index (χ4n) is 2.68. The second-order valence-corrected chi connectivity index (χ2v) is 5.63. The van der Waals surface area contributed by atoms with Crippen molar-refractivity contribution in [3.63, 3.8) is 0 Å². The Kier molecular flexibility index (Phi) is 4.57. The van der Waals surface area contributed by atoms with Gasteiger partial charge in [-0.1, -0.05) is 54.6 Å². The van der Waals surface area contributed by atoms with E-state index in [9.17, 15) is 4.79 Å². The van der Waals surface area contributed by atoms with Crippen LogP contribution < -0.4 is 0 Å². The van der Waals surface area contributed by atoms with Gasteiger partial charge in [0.05, 0.1) is 18.6 Å². The smallest absolute Gasteiger partial charge is 0.332 e. The molecule has 23 heavy (non-hydrogen) atoms. The molecule has 2 aliphatic rings. The number of hydrogen-bond acceptors (Lipinski definition) is 4. The summed E-state index contributed by atoms with van der Waals surface area (Å²) in [7, 11) is 0. The van der Waals surface area contributed by atoms with Crippen LogP contribution >= 0.6 is 0 Å². The van der Waals surface area contributed by atoms with Gasteiger partial charge >= 0.3 is 5.97 Å². The minimum absolute atomic E-state index is 0.199. The zero-order valence-corrected chi connectivity index (χ0v) is 12.8. The molecule has 0 saturated carbocycles. The highest BCUT2D eigenvalue weighted by molar-refractivity contribution is 5.88. The minimum atomic E-state index is -0.968. The molecule has 1 aliphatic heterocycles. The molecule has 5 nitrogen and oxygen atoms in total. The number of carboxylic acid groups (broad SMARTS) is 1. The van der Waals surface area contributed by atoms with Crippen LogP contribution in [-0.4, -0.2) is 35.2 Å². The van der Waals surface area contributed by atoms with Crippen molar-refractivity contribution in [2.75, 3.05) is 0 Å². The van der Waals surface area contributed by atoms with Gasteiger partial charge in [0.25, 0.3) is 0 Å². The standard InChI is InChI=1S/C18H19NO4/c1-12-16(18(20)21)19-17(23-12)14-9-5-6-10-15(14)22-11-13-7-3-2-4-8-13/h2-10,12,14-16H,11H2,1H3,(H,20,21)/t12-,14?,15?,16+/m0/s1. The van der Waals surface area contributed by atoms with Crippen LogP contribution in [0.15, 0.2) is 59.6 Å². The van der Waals surface area contributed by atoms with Crippen LogP contribution in [0.25, 0.3) is 0 Å². The average molecular weight is 313 g/mol. The van der Waals surface area contributed by atoms with Crippen molar-refractivity contribution >= 4 is 11.9 Å². The highest BCUT2D eigenvalue weighted by Crippen LogP contribution is 2.26. The molecule has 1 N–H and O–H groups in total. The quantitative estimate of drug-likeness (QED) is 0.907. The monoisotopic (exact) mass is 313 g/mol. The van der Waals surface area contributed by atoms with Crippen molar-refractivity contribution in [2.24, 2.45) is 10.9 Å². The first-order valence-corrected chi connectivity index (χ1v) is 7.63. The van der Waals surface area contributed by atoms with Gasteiger partial charge in [0.2, 0.25) is 0 Å². The van der Waals surface area contributed by atoms with Crippen molar-refractivity contribution in [1.82, 2.24) is 0 Å². The molecule has 0 spiro atoms. The lowest BCUT2D eigenvalue weighted by molar-refractivity contribution is -0.139. The van der Waals surface area contributed by atoms with Crippen LogP contribution in [0.2, 0.25) is 0 Å². The van der Waals surface area contributed by atoms with Gasteiger partial charge in [-0.3, -0.25) is 0 Å². The van der Waals surface area contributed by atoms with Gasteiger partial charge in [-0.25, -0.2) is 9.79 Å². The Bertz CT molecular complexity index is 650. The summed E-state index contributed by atoms with van der Waals surface area (Å²) in [6.45, 7) is 2.20. The molecule has 0 saturated heterocycles. The van der Waals surface area contributed by atoms with Gasteiger partial charge in [0, 0.05) is 0 Å². The molecule has 3 rings (SSSR count). The van der Waals surface area contributed by atoms with E-state index in [0.29, 0.717) is 12.5 Å². The number of aliphatic carboxylic acids is 1. The fourth-order valence-corrected chi connectivity index (χ4v) is 2.68. The lowest BCUT2D eigenvalue weighted by Gasteiger charge is -2.24. The summed E-state index contributed by atoms with van der Waals surface area (Å²) in [5.74, 6) is -0.733. The predicted molar refractivity (Wildman–Crippen MR) is 86.2 cm³/mol. The summed E-state index contributed by atoms with van der Waals surface area (Å²) >= 11 is 0. The van der Waals surface area contributed by atoms with Gasteiger partial charge in [0.15, 0.2) is 11.9 Å². The Morgan fingerprint density at radius 2 is 2.00 bits per heavy atom. The van der Waals surface area contributed by atoms with E-state index in [4.69, 9.17) is 14.6 Å². The SMILES string of the molecule is C[C@@H]1OC(C2C=CC=CC2OCc2ccccc2)=N[C@H]1C(=O)O. The molecule has 1 heterocycles. The summed E-state index contributed by atoms with van der Waals surface area (Å²) in [4.78, 5) is 15.4. The average Bonchev–Trinajstić information content (AvgIpc) is 2.96. The summed E-state index contributed by atoms with van der Waals surface area (Å²) < 4.78 is 11.6. The van der Waals surface area contributed by atoms with Gasteiger partial charge < -0.3 is 14.6 Å². The number of carbonyl (C=O) groups is 1. The molecule has 120 valence electrons. The first kappa shape index (κ1) is 15.5. The third-order valence-electron chi connectivity index (χ3n) is 3.93. The summed E-state index contributed by atoms with van der Waals surface area (Å²) in [6.07, 6.45) is 7.01. The number of rotatable bonds is 5. The number of aliphatic imine (C=N–C) groups is 1. The Hall–Kier alpha value is -2.40. The van der Waals surface area contributed by atoms with Crippen molar-refractivity contribution in [2.45, 2.75) is 31.8 Å². The first-order chi connectivity index (χ1) is 11.1. The van der Waals surface area contributed by atoms with Crippen LogP contribution in [0.3, 0.4) is 0 Å². The molecule has 0 fully saturated rings. The van der Waals surface area contributed by atoms with Gasteiger partial charge in [-0.2, -0.15) is 0 Å². The molecule has 1 aromatic carbocycles. The summed E-state index contributed by atoms with van der Waals surface area (Å²) in [5, 5.41) is 9.17. The number of carboxylic acids is 1. The number of benzene rings is 1. The van der Waals surface area contributed by atoms with E-state index < -0.39 is 18.1 Å². The Balaban J connectivity index is 1.70. The third-order valence-corrected chi connectivity index (χ3v) is 3.93. The molecule has 0 radical (unpaired) electrons. The molecule has 0 aromatic heterocycles. The van der Waals surface area contributed by atoms with Crippen molar-refractivity contribution < 1.29 is 19.4 Å². The van der Waals surface area contributed by atoms with E-state index in [1.807, 2.05) is 54.6 Å². The van der Waals surface area contributed by atoms with Gasteiger partial charge in [-0.15, -0.1) is 0 Å². The second kappa shape index (κ2) is 6.79. The lowest BCUT2D eigenvalue weighted by atomic mass is 9.97. The number of allylic oxidation sites excluding steroid dienone is 2. The van der Waals surface area contributed by atoms with Crippen molar-refractivity contribution in [3.8, 4) is 0 Å². The Morgan fingerprint density at radius 3 is 2.70 bits per heavy atom. The van der Waals surface area contributed by atoms with Crippen LogP contribution in [0.4, 0.5) is 0 Å². The van der Waals surface area contributed by atoms with Crippen LogP contribution in [0, 0.1) is 5.92 Å². The highest BCUT2D eigenvalue weighted by Gasteiger charge is 2.38. The van der Waals surface area contributed by atoms with E-state index in [0.717, 1.165) is 5.56 Å². The minimum Gasteiger partial charge on any atom is -0.480 e. The Morgan fingerprint density at radius 1 is 1.26 bits per heavy atom. The summed E-state index contributed by atoms with van der Waals surface area (Å²) in [6, 6.07) is 9.06. The van der Waals surface area contributed by atoms with Crippen molar-refractivity contribution in [3.05, 3.63) is 60.2 Å².